The number of nitrogens with two attached hydrogens (primary N) is 1. The predicted molar refractivity (Wildman–Crippen MR) is 77.7 cm³/mol. The Hall–Kier alpha value is -1.61. The van der Waals surface area contributed by atoms with Crippen LogP contribution in [0.2, 0.25) is 0 Å². The number of hydrogen-bond acceptors (Lipinski definition) is 3. The normalized spacial score (nSPS) is 26.3. The van der Waals surface area contributed by atoms with Gasteiger partial charge in [-0.1, -0.05) is 6.07 Å². The Kier molecular flexibility index (Phi) is 2.49. The van der Waals surface area contributed by atoms with Gasteiger partial charge in [0.1, 0.15) is 0 Å². The highest BCUT2D eigenvalue weighted by Gasteiger charge is 2.37. The number of fused-ring (bicyclic) bond motifs is 3. The van der Waals surface area contributed by atoms with Crippen LogP contribution in [0.4, 0.5) is 5.69 Å². The number of likely N-dealkylation sites (tertiary alicyclic amines) is 1. The fourth-order valence-electron chi connectivity index (χ4n) is 3.82. The van der Waals surface area contributed by atoms with E-state index >= 15 is 0 Å². The summed E-state index contributed by atoms with van der Waals surface area (Å²) in [5, 5.41) is 1.09. The number of rotatable bonds is 2. The third-order valence-corrected chi connectivity index (χ3v) is 4.78. The summed E-state index contributed by atoms with van der Waals surface area (Å²) in [6.45, 7) is 2.29. The molecule has 0 radical (unpaired) electrons. The molecule has 3 nitrogen and oxygen atoms in total. The summed E-state index contributed by atoms with van der Waals surface area (Å²) >= 11 is 0. The first-order valence-electron chi connectivity index (χ1n) is 7.17. The van der Waals surface area contributed by atoms with E-state index in [9.17, 15) is 0 Å². The van der Waals surface area contributed by atoms with E-state index in [0.29, 0.717) is 0 Å². The summed E-state index contributed by atoms with van der Waals surface area (Å²) in [6.07, 6.45) is 6.08. The van der Waals surface area contributed by atoms with Crippen molar-refractivity contribution in [3.63, 3.8) is 0 Å². The molecule has 2 bridgehead atoms. The van der Waals surface area contributed by atoms with Crippen molar-refractivity contribution in [3.8, 4) is 0 Å². The molecule has 1 saturated carbocycles. The summed E-state index contributed by atoms with van der Waals surface area (Å²) in [5.41, 5.74) is 9.26. The van der Waals surface area contributed by atoms with Crippen molar-refractivity contribution in [2.24, 2.45) is 5.92 Å². The number of piperidine rings is 1. The Morgan fingerprint density at radius 2 is 2.21 bits per heavy atom. The minimum Gasteiger partial charge on any atom is -0.398 e. The van der Waals surface area contributed by atoms with Crippen molar-refractivity contribution in [1.82, 2.24) is 9.88 Å². The Bertz CT molecular complexity index is 622. The standard InChI is InChI=1S/C16H19N3/c17-15-6-4-12(16-14(15)2-1-7-18-16)10-19-9-11-3-5-13(19)8-11/h1-2,4,6-7,11,13H,3,5,8-10,17H2. The van der Waals surface area contributed by atoms with Gasteiger partial charge < -0.3 is 5.73 Å². The summed E-state index contributed by atoms with van der Waals surface area (Å²) < 4.78 is 0. The van der Waals surface area contributed by atoms with E-state index in [1.165, 1.54) is 31.4 Å². The van der Waals surface area contributed by atoms with Crippen LogP contribution in [0.25, 0.3) is 10.9 Å². The third-order valence-electron chi connectivity index (χ3n) is 4.78. The number of hydrogen-bond donors (Lipinski definition) is 1. The molecule has 1 aromatic heterocycles. The molecule has 1 saturated heterocycles. The van der Waals surface area contributed by atoms with E-state index < -0.39 is 0 Å². The summed E-state index contributed by atoms with van der Waals surface area (Å²) in [4.78, 5) is 7.17. The molecule has 2 unspecified atom stereocenters. The zero-order valence-corrected chi connectivity index (χ0v) is 11.0. The van der Waals surface area contributed by atoms with E-state index in [2.05, 4.69) is 22.0 Å². The first kappa shape index (κ1) is 11.2. The Morgan fingerprint density at radius 3 is 3.00 bits per heavy atom. The molecule has 1 aliphatic carbocycles. The maximum absolute atomic E-state index is 6.04. The lowest BCUT2D eigenvalue weighted by Gasteiger charge is -2.27. The Balaban J connectivity index is 1.70. The molecule has 0 spiro atoms. The van der Waals surface area contributed by atoms with Crippen LogP contribution >= 0.6 is 0 Å². The average Bonchev–Trinajstić information content (AvgIpc) is 3.05. The molecule has 19 heavy (non-hydrogen) atoms. The van der Waals surface area contributed by atoms with Crippen molar-refractivity contribution >= 4 is 16.6 Å². The molecule has 2 aromatic rings. The molecule has 2 N–H and O–H groups in total. The van der Waals surface area contributed by atoms with Crippen molar-refractivity contribution in [2.45, 2.75) is 31.8 Å². The lowest BCUT2D eigenvalue weighted by Crippen LogP contribution is -2.31. The van der Waals surface area contributed by atoms with E-state index in [1.807, 2.05) is 18.3 Å². The number of nitrogens with zero attached hydrogens (tertiary/aromatic N) is 2. The van der Waals surface area contributed by atoms with Gasteiger partial charge in [0.2, 0.25) is 0 Å². The minimum absolute atomic E-state index is 0.807. The van der Waals surface area contributed by atoms with Gasteiger partial charge >= 0.3 is 0 Å². The van der Waals surface area contributed by atoms with Crippen LogP contribution in [-0.4, -0.2) is 22.5 Å². The largest absolute Gasteiger partial charge is 0.398 e. The summed E-state index contributed by atoms with van der Waals surface area (Å²) in [7, 11) is 0. The van der Waals surface area contributed by atoms with E-state index in [-0.39, 0.29) is 0 Å². The smallest absolute Gasteiger partial charge is 0.0767 e. The topological polar surface area (TPSA) is 42.1 Å². The van der Waals surface area contributed by atoms with Crippen molar-refractivity contribution in [1.29, 1.82) is 0 Å². The molecule has 2 heterocycles. The highest BCUT2D eigenvalue weighted by Crippen LogP contribution is 2.38. The molecule has 2 aliphatic rings. The fraction of sp³-hybridized carbons (Fsp3) is 0.438. The van der Waals surface area contributed by atoms with Gasteiger partial charge in [0, 0.05) is 36.4 Å². The molecule has 3 heteroatoms. The lowest BCUT2D eigenvalue weighted by atomic mass is 10.1. The zero-order valence-electron chi connectivity index (χ0n) is 11.0. The second-order valence-corrected chi connectivity index (χ2v) is 5.98. The first-order valence-corrected chi connectivity index (χ1v) is 7.17. The van der Waals surface area contributed by atoms with Crippen LogP contribution in [-0.2, 0) is 6.54 Å². The molecule has 2 atom stereocenters. The molecule has 1 aliphatic heterocycles. The van der Waals surface area contributed by atoms with Crippen LogP contribution in [0.5, 0.6) is 0 Å². The monoisotopic (exact) mass is 253 g/mol. The maximum Gasteiger partial charge on any atom is 0.0767 e. The predicted octanol–water partition coefficient (Wildman–Crippen LogP) is 2.80. The molecule has 0 amide bonds. The number of pyridine rings is 1. The van der Waals surface area contributed by atoms with Crippen LogP contribution in [0.1, 0.15) is 24.8 Å². The zero-order chi connectivity index (χ0) is 12.8. The highest BCUT2D eigenvalue weighted by atomic mass is 15.2. The van der Waals surface area contributed by atoms with Crippen LogP contribution in [0, 0.1) is 5.92 Å². The van der Waals surface area contributed by atoms with Gasteiger partial charge in [-0.25, -0.2) is 0 Å². The van der Waals surface area contributed by atoms with Crippen LogP contribution in [0.15, 0.2) is 30.5 Å². The third kappa shape index (κ3) is 1.80. The lowest BCUT2D eigenvalue weighted by molar-refractivity contribution is 0.206. The van der Waals surface area contributed by atoms with Crippen molar-refractivity contribution < 1.29 is 0 Å². The van der Waals surface area contributed by atoms with Crippen LogP contribution in [0.3, 0.4) is 0 Å². The second-order valence-electron chi connectivity index (χ2n) is 5.98. The number of benzene rings is 1. The van der Waals surface area contributed by atoms with E-state index in [4.69, 9.17) is 5.73 Å². The molecular weight excluding hydrogens is 234 g/mol. The molecule has 2 fully saturated rings. The van der Waals surface area contributed by atoms with Gasteiger partial charge in [0.05, 0.1) is 5.52 Å². The second kappa shape index (κ2) is 4.20. The minimum atomic E-state index is 0.807. The maximum atomic E-state index is 6.04. The SMILES string of the molecule is Nc1ccc(CN2CC3CCC2C3)c2ncccc12. The van der Waals surface area contributed by atoms with Gasteiger partial charge in [0.25, 0.3) is 0 Å². The number of aromatic nitrogens is 1. The molecular formula is C16H19N3. The van der Waals surface area contributed by atoms with Gasteiger partial charge in [-0.3, -0.25) is 9.88 Å². The van der Waals surface area contributed by atoms with E-state index in [0.717, 1.165) is 35.1 Å². The molecule has 4 rings (SSSR count). The van der Waals surface area contributed by atoms with Gasteiger partial charge in [-0.05, 0) is 48.9 Å². The Morgan fingerprint density at radius 1 is 1.26 bits per heavy atom. The highest BCUT2D eigenvalue weighted by molar-refractivity contribution is 5.92. The van der Waals surface area contributed by atoms with E-state index in [1.54, 1.807) is 0 Å². The van der Waals surface area contributed by atoms with Gasteiger partial charge in [-0.2, -0.15) is 0 Å². The van der Waals surface area contributed by atoms with Crippen molar-refractivity contribution in [3.05, 3.63) is 36.0 Å². The first-order chi connectivity index (χ1) is 9.31. The van der Waals surface area contributed by atoms with Gasteiger partial charge in [0.15, 0.2) is 0 Å². The number of anilines is 1. The fourth-order valence-corrected chi connectivity index (χ4v) is 3.82. The quantitative estimate of drug-likeness (QED) is 0.837. The van der Waals surface area contributed by atoms with Crippen molar-refractivity contribution in [2.75, 3.05) is 12.3 Å². The Labute approximate surface area is 113 Å². The average molecular weight is 253 g/mol. The molecule has 1 aromatic carbocycles. The number of nitrogen functional groups attached to an aromatic ring is 1. The van der Waals surface area contributed by atoms with Gasteiger partial charge in [-0.15, -0.1) is 0 Å². The summed E-state index contributed by atoms with van der Waals surface area (Å²) in [6, 6.07) is 9.00. The molecule has 98 valence electrons. The van der Waals surface area contributed by atoms with Crippen LogP contribution < -0.4 is 5.73 Å². The summed E-state index contributed by atoms with van der Waals surface area (Å²) in [5.74, 6) is 0.943.